The van der Waals surface area contributed by atoms with E-state index in [2.05, 4.69) is 0 Å². The highest BCUT2D eigenvalue weighted by Crippen LogP contribution is 2.36. The van der Waals surface area contributed by atoms with Gasteiger partial charge in [-0.2, -0.15) is 13.2 Å². The van der Waals surface area contributed by atoms with Gasteiger partial charge in [0.2, 0.25) is 0 Å². The molecule has 0 atom stereocenters. The molecular formula is C17H23BF3NO2. The first-order valence-electron chi connectivity index (χ1n) is 8.21. The molecule has 0 unspecified atom stereocenters. The lowest BCUT2D eigenvalue weighted by atomic mass is 9.78. The average molecular weight is 341 g/mol. The first-order valence-corrected chi connectivity index (χ1v) is 8.21. The molecule has 0 amide bonds. The average Bonchev–Trinajstić information content (AvgIpc) is 2.62. The molecule has 2 fully saturated rings. The molecule has 0 aliphatic carbocycles. The minimum absolute atomic E-state index is 0.166. The highest BCUT2D eigenvalue weighted by atomic mass is 19.4. The molecule has 2 aliphatic heterocycles. The molecule has 0 bridgehead atoms. The summed E-state index contributed by atoms with van der Waals surface area (Å²) >= 11 is 0. The third-order valence-corrected chi connectivity index (χ3v) is 5.29. The summed E-state index contributed by atoms with van der Waals surface area (Å²) in [5.41, 5.74) is 1.22. The van der Waals surface area contributed by atoms with Crippen LogP contribution in [0.2, 0.25) is 0 Å². The number of likely N-dealkylation sites (tertiary alicyclic amines) is 1. The van der Waals surface area contributed by atoms with Crippen LogP contribution in [-0.4, -0.2) is 49.0 Å². The van der Waals surface area contributed by atoms with Gasteiger partial charge in [-0.1, -0.05) is 24.3 Å². The Bertz CT molecular complexity index is 579. The normalized spacial score (nSPS) is 24.2. The van der Waals surface area contributed by atoms with Gasteiger partial charge < -0.3 is 9.31 Å². The molecule has 2 aliphatic rings. The summed E-state index contributed by atoms with van der Waals surface area (Å²) in [4.78, 5) is 1.42. The lowest BCUT2D eigenvalue weighted by Crippen LogP contribution is -2.49. The van der Waals surface area contributed by atoms with Crippen molar-refractivity contribution < 1.29 is 22.5 Å². The SMILES string of the molecule is CC1(C)OB(c2ccc(C3CN(CC(F)(F)F)C3)cc2)OC1(C)C. The van der Waals surface area contributed by atoms with Gasteiger partial charge in [0.05, 0.1) is 17.7 Å². The van der Waals surface area contributed by atoms with Crippen LogP contribution in [0.15, 0.2) is 24.3 Å². The van der Waals surface area contributed by atoms with Crippen LogP contribution in [-0.2, 0) is 9.31 Å². The van der Waals surface area contributed by atoms with Crippen LogP contribution >= 0.6 is 0 Å². The van der Waals surface area contributed by atoms with Crippen molar-refractivity contribution in [2.75, 3.05) is 19.6 Å². The number of hydrogen-bond donors (Lipinski definition) is 0. The van der Waals surface area contributed by atoms with Crippen molar-refractivity contribution >= 4 is 12.6 Å². The third kappa shape index (κ3) is 3.48. The predicted molar refractivity (Wildman–Crippen MR) is 87.4 cm³/mol. The van der Waals surface area contributed by atoms with E-state index in [0.717, 1.165) is 11.0 Å². The van der Waals surface area contributed by atoms with Crippen molar-refractivity contribution in [1.29, 1.82) is 0 Å². The number of benzene rings is 1. The van der Waals surface area contributed by atoms with E-state index in [1.54, 1.807) is 0 Å². The lowest BCUT2D eigenvalue weighted by molar-refractivity contribution is -0.154. The maximum absolute atomic E-state index is 12.3. The molecular weight excluding hydrogens is 318 g/mol. The number of halogens is 3. The zero-order chi connectivity index (χ0) is 17.8. The maximum atomic E-state index is 12.3. The summed E-state index contributed by atoms with van der Waals surface area (Å²) < 4.78 is 49.0. The van der Waals surface area contributed by atoms with Crippen molar-refractivity contribution in [3.63, 3.8) is 0 Å². The van der Waals surface area contributed by atoms with E-state index in [1.165, 1.54) is 4.90 Å². The zero-order valence-electron chi connectivity index (χ0n) is 14.5. The molecule has 3 rings (SSSR count). The quantitative estimate of drug-likeness (QED) is 0.789. The van der Waals surface area contributed by atoms with E-state index in [4.69, 9.17) is 9.31 Å². The summed E-state index contributed by atoms with van der Waals surface area (Å²) in [7, 11) is -0.410. The van der Waals surface area contributed by atoms with Crippen molar-refractivity contribution in [3.8, 4) is 0 Å². The Kier molecular flexibility index (Phi) is 4.26. The molecule has 2 heterocycles. The van der Waals surface area contributed by atoms with Crippen LogP contribution in [0, 0.1) is 0 Å². The van der Waals surface area contributed by atoms with E-state index in [-0.39, 0.29) is 17.1 Å². The molecule has 0 aromatic heterocycles. The van der Waals surface area contributed by atoms with Gasteiger partial charge in [-0.25, -0.2) is 0 Å². The summed E-state index contributed by atoms with van der Waals surface area (Å²) in [5, 5.41) is 0. The Morgan fingerprint density at radius 1 is 1.04 bits per heavy atom. The maximum Gasteiger partial charge on any atom is 0.494 e. The fourth-order valence-electron chi connectivity index (χ4n) is 3.07. The fourth-order valence-corrected chi connectivity index (χ4v) is 3.07. The predicted octanol–water partition coefficient (Wildman–Crippen LogP) is 2.95. The van der Waals surface area contributed by atoms with Crippen LogP contribution < -0.4 is 5.46 Å². The monoisotopic (exact) mass is 341 g/mol. The van der Waals surface area contributed by atoms with Gasteiger partial charge in [-0.05, 0) is 38.7 Å². The summed E-state index contributed by atoms with van der Waals surface area (Å²) in [6, 6.07) is 7.83. The van der Waals surface area contributed by atoms with Crippen LogP contribution in [0.4, 0.5) is 13.2 Å². The molecule has 3 nitrogen and oxygen atoms in total. The topological polar surface area (TPSA) is 21.7 Å². The van der Waals surface area contributed by atoms with E-state index in [0.29, 0.717) is 13.1 Å². The van der Waals surface area contributed by atoms with Gasteiger partial charge in [0.1, 0.15) is 0 Å². The Morgan fingerprint density at radius 2 is 1.54 bits per heavy atom. The molecule has 2 saturated heterocycles. The van der Waals surface area contributed by atoms with Crippen LogP contribution in [0.25, 0.3) is 0 Å². The van der Waals surface area contributed by atoms with Crippen molar-refractivity contribution in [2.24, 2.45) is 0 Å². The molecule has 0 spiro atoms. The number of nitrogens with zero attached hydrogens (tertiary/aromatic N) is 1. The Hall–Kier alpha value is -1.05. The lowest BCUT2D eigenvalue weighted by Gasteiger charge is -2.39. The number of rotatable bonds is 3. The molecule has 132 valence electrons. The minimum Gasteiger partial charge on any atom is -0.399 e. The Labute approximate surface area is 141 Å². The van der Waals surface area contributed by atoms with E-state index in [9.17, 15) is 13.2 Å². The largest absolute Gasteiger partial charge is 0.494 e. The van der Waals surface area contributed by atoms with Crippen molar-refractivity contribution in [1.82, 2.24) is 4.90 Å². The second kappa shape index (κ2) is 5.75. The molecule has 1 aromatic rings. The number of alkyl halides is 3. The number of hydrogen-bond acceptors (Lipinski definition) is 3. The van der Waals surface area contributed by atoms with Gasteiger partial charge in [0.15, 0.2) is 0 Å². The third-order valence-electron chi connectivity index (χ3n) is 5.29. The van der Waals surface area contributed by atoms with E-state index in [1.807, 2.05) is 52.0 Å². The van der Waals surface area contributed by atoms with Gasteiger partial charge >= 0.3 is 13.3 Å². The molecule has 0 radical (unpaired) electrons. The summed E-state index contributed by atoms with van der Waals surface area (Å²) in [6.45, 7) is 8.10. The molecule has 1 aromatic carbocycles. The standard InChI is InChI=1S/C17H23BF3NO2/c1-15(2)16(3,4)24-18(23-15)14-7-5-12(6-8-14)13-9-22(10-13)11-17(19,20)21/h5-8,13H,9-11H2,1-4H3. The van der Waals surface area contributed by atoms with E-state index >= 15 is 0 Å². The Balaban J connectivity index is 1.60. The first kappa shape index (κ1) is 17.8. The first-order chi connectivity index (χ1) is 11.0. The fraction of sp³-hybridized carbons (Fsp3) is 0.647. The van der Waals surface area contributed by atoms with Crippen LogP contribution in [0.1, 0.15) is 39.2 Å². The van der Waals surface area contributed by atoms with Gasteiger partial charge in [0.25, 0.3) is 0 Å². The van der Waals surface area contributed by atoms with Crippen molar-refractivity contribution in [3.05, 3.63) is 29.8 Å². The van der Waals surface area contributed by atoms with Crippen LogP contribution in [0.3, 0.4) is 0 Å². The van der Waals surface area contributed by atoms with Gasteiger partial charge in [-0.3, -0.25) is 4.90 Å². The molecule has 0 N–H and O–H groups in total. The summed E-state index contributed by atoms with van der Waals surface area (Å²) in [6.07, 6.45) is -4.12. The Morgan fingerprint density at radius 3 is 2.00 bits per heavy atom. The van der Waals surface area contributed by atoms with Gasteiger partial charge in [0, 0.05) is 19.0 Å². The van der Waals surface area contributed by atoms with Gasteiger partial charge in [-0.15, -0.1) is 0 Å². The van der Waals surface area contributed by atoms with Crippen LogP contribution in [0.5, 0.6) is 0 Å². The second-order valence-corrected chi connectivity index (χ2v) is 7.76. The second-order valence-electron chi connectivity index (χ2n) is 7.76. The molecule has 24 heavy (non-hydrogen) atoms. The molecule has 7 heteroatoms. The molecule has 0 saturated carbocycles. The minimum atomic E-state index is -4.12. The smallest absolute Gasteiger partial charge is 0.399 e. The van der Waals surface area contributed by atoms with E-state index < -0.39 is 19.8 Å². The zero-order valence-corrected chi connectivity index (χ0v) is 14.5. The van der Waals surface area contributed by atoms with Crippen molar-refractivity contribution in [2.45, 2.75) is 51.0 Å². The highest BCUT2D eigenvalue weighted by Gasteiger charge is 2.51. The highest BCUT2D eigenvalue weighted by molar-refractivity contribution is 6.62. The summed E-state index contributed by atoms with van der Waals surface area (Å²) in [5.74, 6) is 0.166.